The molecular weight excluding hydrogens is 280 g/mol. The number of β-amino-alcohol motifs (C(OH)–C–C–N with tert-alkyl or cyclic N) is 1. The fraction of sp³-hybridized carbons (Fsp3) is 0.750. The summed E-state index contributed by atoms with van der Waals surface area (Å²) in [6.07, 6.45) is -0.0102. The van der Waals surface area contributed by atoms with Crippen molar-refractivity contribution in [3.05, 3.63) is 17.0 Å². The van der Waals surface area contributed by atoms with Crippen LogP contribution in [0.15, 0.2) is 0 Å². The molecule has 2 rings (SSSR count). The van der Waals surface area contributed by atoms with E-state index in [-0.39, 0.29) is 17.9 Å². The SMILES string of the molecule is Cc1nn(CC(C)C)c(C)c1CC(=O)NCC1CNCC1O. The van der Waals surface area contributed by atoms with Crippen molar-refractivity contribution < 1.29 is 9.90 Å². The summed E-state index contributed by atoms with van der Waals surface area (Å²) in [7, 11) is 0. The molecule has 1 aliphatic heterocycles. The van der Waals surface area contributed by atoms with E-state index in [2.05, 4.69) is 29.6 Å². The number of carbonyl (C=O) groups is 1. The number of aryl methyl sites for hydroxylation is 1. The highest BCUT2D eigenvalue weighted by molar-refractivity contribution is 5.79. The summed E-state index contributed by atoms with van der Waals surface area (Å²) < 4.78 is 1.99. The molecule has 3 N–H and O–H groups in total. The molecule has 2 atom stereocenters. The van der Waals surface area contributed by atoms with Crippen LogP contribution in [-0.2, 0) is 17.8 Å². The van der Waals surface area contributed by atoms with E-state index < -0.39 is 0 Å². The Balaban J connectivity index is 1.92. The van der Waals surface area contributed by atoms with Crippen molar-refractivity contribution in [2.75, 3.05) is 19.6 Å². The van der Waals surface area contributed by atoms with Gasteiger partial charge in [-0.2, -0.15) is 5.10 Å². The van der Waals surface area contributed by atoms with Gasteiger partial charge in [0.25, 0.3) is 0 Å². The van der Waals surface area contributed by atoms with Crippen molar-refractivity contribution in [3.63, 3.8) is 0 Å². The van der Waals surface area contributed by atoms with E-state index >= 15 is 0 Å². The van der Waals surface area contributed by atoms with Gasteiger partial charge in [-0.05, 0) is 19.8 Å². The first-order valence-electron chi connectivity index (χ1n) is 8.06. The van der Waals surface area contributed by atoms with E-state index in [1.807, 2.05) is 18.5 Å². The summed E-state index contributed by atoms with van der Waals surface area (Å²) >= 11 is 0. The van der Waals surface area contributed by atoms with Gasteiger partial charge in [0, 0.05) is 43.4 Å². The average Bonchev–Trinajstić information content (AvgIpc) is 2.95. The van der Waals surface area contributed by atoms with Crippen molar-refractivity contribution in [1.29, 1.82) is 0 Å². The first-order chi connectivity index (χ1) is 10.4. The van der Waals surface area contributed by atoms with Crippen molar-refractivity contribution >= 4 is 5.91 Å². The van der Waals surface area contributed by atoms with E-state index in [1.165, 1.54) is 0 Å². The molecule has 1 aliphatic rings. The highest BCUT2D eigenvalue weighted by Gasteiger charge is 2.25. The van der Waals surface area contributed by atoms with E-state index in [4.69, 9.17) is 0 Å². The second kappa shape index (κ2) is 7.24. The Hall–Kier alpha value is -1.40. The molecule has 1 aromatic rings. The smallest absolute Gasteiger partial charge is 0.224 e. The largest absolute Gasteiger partial charge is 0.391 e. The summed E-state index contributed by atoms with van der Waals surface area (Å²) in [5.74, 6) is 0.625. The maximum absolute atomic E-state index is 12.2. The van der Waals surface area contributed by atoms with Crippen molar-refractivity contribution in [1.82, 2.24) is 20.4 Å². The summed E-state index contributed by atoms with van der Waals surface area (Å²) in [4.78, 5) is 12.2. The van der Waals surface area contributed by atoms with Gasteiger partial charge in [-0.3, -0.25) is 9.48 Å². The molecule has 0 bridgehead atoms. The summed E-state index contributed by atoms with van der Waals surface area (Å²) in [6, 6.07) is 0. The maximum Gasteiger partial charge on any atom is 0.224 e. The van der Waals surface area contributed by atoms with Crippen LogP contribution in [0.5, 0.6) is 0 Å². The quantitative estimate of drug-likeness (QED) is 0.710. The molecule has 2 unspecified atom stereocenters. The van der Waals surface area contributed by atoms with Crippen LogP contribution in [0.3, 0.4) is 0 Å². The zero-order valence-electron chi connectivity index (χ0n) is 14.0. The van der Waals surface area contributed by atoms with E-state index in [9.17, 15) is 9.90 Å². The van der Waals surface area contributed by atoms with E-state index in [0.717, 1.165) is 30.0 Å². The van der Waals surface area contributed by atoms with Crippen LogP contribution >= 0.6 is 0 Å². The molecule has 0 spiro atoms. The van der Waals surface area contributed by atoms with Crippen LogP contribution in [0, 0.1) is 25.7 Å². The molecule has 1 aromatic heterocycles. The first-order valence-corrected chi connectivity index (χ1v) is 8.06. The van der Waals surface area contributed by atoms with Gasteiger partial charge in [0.15, 0.2) is 0 Å². The molecule has 22 heavy (non-hydrogen) atoms. The molecule has 124 valence electrons. The molecule has 1 saturated heterocycles. The van der Waals surface area contributed by atoms with E-state index in [0.29, 0.717) is 25.4 Å². The van der Waals surface area contributed by atoms with Crippen LogP contribution in [-0.4, -0.2) is 46.5 Å². The Morgan fingerprint density at radius 3 is 2.77 bits per heavy atom. The number of nitrogens with zero attached hydrogens (tertiary/aromatic N) is 2. The average molecular weight is 308 g/mol. The third-order valence-corrected chi connectivity index (χ3v) is 4.27. The standard InChI is InChI=1S/C16H28N4O2/c1-10(2)9-20-12(4)14(11(3)19-20)5-16(22)18-7-13-6-17-8-15(13)21/h10,13,15,17,21H,5-9H2,1-4H3,(H,18,22). The van der Waals surface area contributed by atoms with Gasteiger partial charge in [-0.1, -0.05) is 13.8 Å². The summed E-state index contributed by atoms with van der Waals surface area (Å²) in [6.45, 7) is 11.0. The third-order valence-electron chi connectivity index (χ3n) is 4.27. The molecule has 0 aliphatic carbocycles. The van der Waals surface area contributed by atoms with Crippen LogP contribution in [0.4, 0.5) is 0 Å². The van der Waals surface area contributed by atoms with Gasteiger partial charge in [-0.25, -0.2) is 0 Å². The van der Waals surface area contributed by atoms with Crippen molar-refractivity contribution in [2.45, 2.75) is 46.8 Å². The fourth-order valence-electron chi connectivity index (χ4n) is 2.91. The Bertz CT molecular complexity index is 524. The van der Waals surface area contributed by atoms with Gasteiger partial charge in [0.05, 0.1) is 18.2 Å². The van der Waals surface area contributed by atoms with Gasteiger partial charge in [-0.15, -0.1) is 0 Å². The molecule has 6 nitrogen and oxygen atoms in total. The first kappa shape index (κ1) is 17.0. The van der Waals surface area contributed by atoms with Gasteiger partial charge < -0.3 is 15.7 Å². The van der Waals surface area contributed by atoms with Crippen LogP contribution in [0.2, 0.25) is 0 Å². The van der Waals surface area contributed by atoms with Crippen LogP contribution < -0.4 is 10.6 Å². The molecular formula is C16H28N4O2. The zero-order chi connectivity index (χ0) is 16.3. The highest BCUT2D eigenvalue weighted by atomic mass is 16.3. The Morgan fingerprint density at radius 2 is 2.18 bits per heavy atom. The van der Waals surface area contributed by atoms with Gasteiger partial charge in [0.2, 0.25) is 5.91 Å². The van der Waals surface area contributed by atoms with Crippen LogP contribution in [0.25, 0.3) is 0 Å². The van der Waals surface area contributed by atoms with Gasteiger partial charge >= 0.3 is 0 Å². The van der Waals surface area contributed by atoms with Crippen molar-refractivity contribution in [2.24, 2.45) is 11.8 Å². The Labute approximate surface area is 132 Å². The predicted molar refractivity (Wildman–Crippen MR) is 85.6 cm³/mol. The van der Waals surface area contributed by atoms with Gasteiger partial charge in [0.1, 0.15) is 0 Å². The molecule has 6 heteroatoms. The summed E-state index contributed by atoms with van der Waals surface area (Å²) in [5, 5.41) is 20.3. The number of aliphatic hydroxyl groups excluding tert-OH is 1. The monoisotopic (exact) mass is 308 g/mol. The number of nitrogens with one attached hydrogen (secondary N) is 2. The molecule has 0 radical (unpaired) electrons. The molecule has 0 aromatic carbocycles. The Kier molecular flexibility index (Phi) is 5.58. The maximum atomic E-state index is 12.2. The second-order valence-corrected chi connectivity index (χ2v) is 6.69. The normalized spacial score (nSPS) is 21.5. The number of aliphatic hydroxyl groups is 1. The summed E-state index contributed by atoms with van der Waals surface area (Å²) in [5.41, 5.74) is 3.02. The molecule has 1 amide bonds. The minimum atomic E-state index is -0.363. The number of amides is 1. The number of aromatic nitrogens is 2. The Morgan fingerprint density at radius 1 is 1.45 bits per heavy atom. The lowest BCUT2D eigenvalue weighted by atomic mass is 10.1. The lowest BCUT2D eigenvalue weighted by Crippen LogP contribution is -2.35. The minimum absolute atomic E-state index is 0.00519. The topological polar surface area (TPSA) is 79.2 Å². The zero-order valence-corrected chi connectivity index (χ0v) is 14.0. The lowest BCUT2D eigenvalue weighted by molar-refractivity contribution is -0.120. The van der Waals surface area contributed by atoms with Crippen LogP contribution in [0.1, 0.15) is 30.8 Å². The minimum Gasteiger partial charge on any atom is -0.391 e. The molecule has 2 heterocycles. The third kappa shape index (κ3) is 4.08. The highest BCUT2D eigenvalue weighted by Crippen LogP contribution is 2.15. The molecule has 0 saturated carbocycles. The number of hydrogen-bond donors (Lipinski definition) is 3. The lowest BCUT2D eigenvalue weighted by Gasteiger charge is -2.14. The number of rotatable bonds is 6. The fourth-order valence-corrected chi connectivity index (χ4v) is 2.91. The number of hydrogen-bond acceptors (Lipinski definition) is 4. The van der Waals surface area contributed by atoms with E-state index in [1.54, 1.807) is 0 Å². The molecule has 1 fully saturated rings. The predicted octanol–water partition coefficient (Wildman–Crippen LogP) is 0.395. The van der Waals surface area contributed by atoms with Crippen molar-refractivity contribution in [3.8, 4) is 0 Å². The number of carbonyl (C=O) groups excluding carboxylic acids is 1. The second-order valence-electron chi connectivity index (χ2n) is 6.69.